The number of nitrogens with one attached hydrogen (secondary N) is 1. The average molecular weight is 328 g/mol. The van der Waals surface area contributed by atoms with E-state index in [0.717, 1.165) is 16.6 Å². The van der Waals surface area contributed by atoms with Gasteiger partial charge in [0, 0.05) is 16.9 Å². The highest BCUT2D eigenvalue weighted by molar-refractivity contribution is 9.10. The van der Waals surface area contributed by atoms with Crippen molar-refractivity contribution < 1.29 is 4.39 Å². The van der Waals surface area contributed by atoms with Crippen molar-refractivity contribution in [3.05, 3.63) is 39.9 Å². The summed E-state index contributed by atoms with van der Waals surface area (Å²) in [5.74, 6) is 0.373. The molecule has 0 aliphatic rings. The number of halogens is 2. The number of aromatic nitrogens is 4. The number of tetrazole rings is 1. The summed E-state index contributed by atoms with van der Waals surface area (Å²) in [7, 11) is 1.72. The number of benzene rings is 1. The molecule has 19 heavy (non-hydrogen) atoms. The van der Waals surface area contributed by atoms with E-state index in [9.17, 15) is 4.39 Å². The molecule has 1 aromatic heterocycles. The third-order valence-electron chi connectivity index (χ3n) is 2.72. The molecule has 0 amide bonds. The minimum Gasteiger partial charge on any atom is -0.310 e. The molecule has 102 valence electrons. The highest BCUT2D eigenvalue weighted by atomic mass is 79.9. The molecular weight excluding hydrogens is 313 g/mol. The molecule has 0 saturated carbocycles. The quantitative estimate of drug-likeness (QED) is 0.912. The van der Waals surface area contributed by atoms with E-state index < -0.39 is 0 Å². The van der Waals surface area contributed by atoms with Gasteiger partial charge in [-0.05, 0) is 35.5 Å². The van der Waals surface area contributed by atoms with E-state index in [0.29, 0.717) is 12.2 Å². The van der Waals surface area contributed by atoms with Gasteiger partial charge in [0.1, 0.15) is 5.82 Å². The Labute approximate surface area is 119 Å². The second-order valence-electron chi connectivity index (χ2n) is 4.18. The van der Waals surface area contributed by atoms with Gasteiger partial charge in [0.25, 0.3) is 0 Å². The fraction of sp³-hybridized carbons (Fsp3) is 0.417. The van der Waals surface area contributed by atoms with Crippen LogP contribution in [0.2, 0.25) is 0 Å². The van der Waals surface area contributed by atoms with Crippen LogP contribution in [0.5, 0.6) is 0 Å². The van der Waals surface area contributed by atoms with E-state index in [2.05, 4.69) is 36.7 Å². The number of aryl methyl sites for hydroxylation is 1. The van der Waals surface area contributed by atoms with E-state index in [1.54, 1.807) is 13.1 Å². The molecule has 1 heterocycles. The van der Waals surface area contributed by atoms with Gasteiger partial charge in [0.15, 0.2) is 5.82 Å². The molecule has 0 spiro atoms. The lowest BCUT2D eigenvalue weighted by Gasteiger charge is -2.18. The number of rotatable bonds is 5. The summed E-state index contributed by atoms with van der Waals surface area (Å²) in [6.07, 6.45) is 0.559. The van der Waals surface area contributed by atoms with Gasteiger partial charge < -0.3 is 5.32 Å². The molecule has 2 rings (SSSR count). The molecule has 1 aromatic carbocycles. The summed E-state index contributed by atoms with van der Waals surface area (Å²) < 4.78 is 14.3. The molecule has 0 fully saturated rings. The normalized spacial score (nSPS) is 12.6. The van der Waals surface area contributed by atoms with Crippen LogP contribution >= 0.6 is 15.9 Å². The van der Waals surface area contributed by atoms with Crippen LogP contribution in [0.25, 0.3) is 0 Å². The summed E-state index contributed by atoms with van der Waals surface area (Å²) in [5, 5.41) is 15.2. The minimum atomic E-state index is -0.256. The summed E-state index contributed by atoms with van der Waals surface area (Å²) in [6, 6.07) is 4.60. The van der Waals surface area contributed by atoms with Crippen molar-refractivity contribution >= 4 is 15.9 Å². The van der Waals surface area contributed by atoms with Gasteiger partial charge in [-0.2, -0.15) is 4.80 Å². The lowest BCUT2D eigenvalue weighted by atomic mass is 10.0. The first kappa shape index (κ1) is 14.1. The van der Waals surface area contributed by atoms with Crippen molar-refractivity contribution in [2.45, 2.75) is 19.4 Å². The zero-order chi connectivity index (χ0) is 13.8. The number of hydrogen-bond donors (Lipinski definition) is 1. The van der Waals surface area contributed by atoms with Crippen LogP contribution in [-0.2, 0) is 13.5 Å². The van der Waals surface area contributed by atoms with E-state index in [-0.39, 0.29) is 11.9 Å². The Morgan fingerprint density at radius 1 is 1.47 bits per heavy atom. The van der Waals surface area contributed by atoms with Gasteiger partial charge in [0.05, 0.1) is 7.05 Å². The zero-order valence-corrected chi connectivity index (χ0v) is 12.4. The lowest BCUT2D eigenvalue weighted by Crippen LogP contribution is -2.24. The summed E-state index contributed by atoms with van der Waals surface area (Å²) in [5.41, 5.74) is 0.856. The number of likely N-dealkylation sites (N-methyl/N-ethyl adjacent to an activating group) is 1. The van der Waals surface area contributed by atoms with Crippen molar-refractivity contribution in [1.82, 2.24) is 25.5 Å². The second kappa shape index (κ2) is 6.21. The van der Waals surface area contributed by atoms with Crippen LogP contribution in [-0.4, -0.2) is 26.8 Å². The van der Waals surface area contributed by atoms with Gasteiger partial charge in [-0.1, -0.05) is 22.9 Å². The lowest BCUT2D eigenvalue weighted by molar-refractivity contribution is 0.527. The van der Waals surface area contributed by atoms with Crippen LogP contribution in [0, 0.1) is 5.82 Å². The monoisotopic (exact) mass is 327 g/mol. The van der Waals surface area contributed by atoms with Crippen molar-refractivity contribution in [2.75, 3.05) is 6.54 Å². The molecule has 1 unspecified atom stereocenters. The van der Waals surface area contributed by atoms with Gasteiger partial charge in [-0.15, -0.1) is 10.2 Å². The smallest absolute Gasteiger partial charge is 0.176 e. The maximum absolute atomic E-state index is 13.4. The Morgan fingerprint density at radius 3 is 2.89 bits per heavy atom. The zero-order valence-electron chi connectivity index (χ0n) is 10.8. The highest BCUT2D eigenvalue weighted by Crippen LogP contribution is 2.26. The molecule has 0 aliphatic heterocycles. The van der Waals surface area contributed by atoms with E-state index >= 15 is 0 Å². The first-order valence-electron chi connectivity index (χ1n) is 6.01. The second-order valence-corrected chi connectivity index (χ2v) is 5.03. The van der Waals surface area contributed by atoms with Crippen molar-refractivity contribution in [3.63, 3.8) is 0 Å². The Bertz CT molecular complexity index is 557. The molecule has 0 radical (unpaired) electrons. The Kier molecular flexibility index (Phi) is 4.60. The third kappa shape index (κ3) is 3.57. The minimum absolute atomic E-state index is 0.0562. The van der Waals surface area contributed by atoms with Crippen LogP contribution in [0.4, 0.5) is 4.39 Å². The van der Waals surface area contributed by atoms with Crippen LogP contribution in [0.15, 0.2) is 22.7 Å². The van der Waals surface area contributed by atoms with Gasteiger partial charge in [-0.25, -0.2) is 4.39 Å². The molecule has 1 N–H and O–H groups in total. The molecule has 5 nitrogen and oxygen atoms in total. The molecule has 0 aliphatic carbocycles. The van der Waals surface area contributed by atoms with Crippen molar-refractivity contribution in [3.8, 4) is 0 Å². The molecule has 0 saturated heterocycles. The standard InChI is InChI=1S/C12H15BrFN5/c1-3-15-11(7-12-16-18-19(2)17-12)9-6-8(14)4-5-10(9)13/h4-6,11,15H,3,7H2,1-2H3. The first-order valence-corrected chi connectivity index (χ1v) is 6.80. The molecule has 0 bridgehead atoms. The van der Waals surface area contributed by atoms with Gasteiger partial charge in [0.2, 0.25) is 0 Å². The van der Waals surface area contributed by atoms with Gasteiger partial charge in [-0.3, -0.25) is 0 Å². The maximum Gasteiger partial charge on any atom is 0.176 e. The van der Waals surface area contributed by atoms with Gasteiger partial charge >= 0.3 is 0 Å². The first-order chi connectivity index (χ1) is 9.10. The molecular formula is C12H15BrFN5. The predicted octanol–water partition coefficient (Wildman–Crippen LogP) is 2.00. The van der Waals surface area contributed by atoms with Crippen molar-refractivity contribution in [2.24, 2.45) is 7.05 Å². The Hall–Kier alpha value is -1.34. The molecule has 2 aromatic rings. The van der Waals surface area contributed by atoms with Crippen LogP contribution in [0.3, 0.4) is 0 Å². The van der Waals surface area contributed by atoms with E-state index in [4.69, 9.17) is 0 Å². The average Bonchev–Trinajstić information content (AvgIpc) is 2.77. The topological polar surface area (TPSA) is 55.6 Å². The highest BCUT2D eigenvalue weighted by Gasteiger charge is 2.17. The number of hydrogen-bond acceptors (Lipinski definition) is 4. The fourth-order valence-electron chi connectivity index (χ4n) is 1.91. The summed E-state index contributed by atoms with van der Waals surface area (Å²) in [4.78, 5) is 1.42. The molecule has 7 heteroatoms. The SMILES string of the molecule is CCNC(Cc1nnn(C)n1)c1cc(F)ccc1Br. The Balaban J connectivity index is 2.26. The summed E-state index contributed by atoms with van der Waals surface area (Å²) in [6.45, 7) is 2.78. The maximum atomic E-state index is 13.4. The Morgan fingerprint density at radius 2 is 2.26 bits per heavy atom. The predicted molar refractivity (Wildman–Crippen MR) is 73.0 cm³/mol. The third-order valence-corrected chi connectivity index (χ3v) is 3.44. The van der Waals surface area contributed by atoms with Crippen LogP contribution in [0.1, 0.15) is 24.4 Å². The van der Waals surface area contributed by atoms with E-state index in [1.165, 1.54) is 16.9 Å². The van der Waals surface area contributed by atoms with E-state index in [1.807, 2.05) is 6.92 Å². The summed E-state index contributed by atoms with van der Waals surface area (Å²) >= 11 is 3.45. The molecule has 1 atom stereocenters. The largest absolute Gasteiger partial charge is 0.310 e. The fourth-order valence-corrected chi connectivity index (χ4v) is 2.43. The van der Waals surface area contributed by atoms with Crippen molar-refractivity contribution in [1.29, 1.82) is 0 Å². The van der Waals surface area contributed by atoms with Crippen LogP contribution < -0.4 is 5.32 Å². The number of nitrogens with zero attached hydrogens (tertiary/aromatic N) is 4.